The number of hydrogen-bond acceptors (Lipinski definition) is 2. The maximum absolute atomic E-state index is 12.1. The molecule has 2 aromatic rings. The van der Waals surface area contributed by atoms with Crippen LogP contribution in [0.1, 0.15) is 23.5 Å². The summed E-state index contributed by atoms with van der Waals surface area (Å²) in [5, 5.41) is 5.49. The molecule has 0 heterocycles. The van der Waals surface area contributed by atoms with E-state index in [0.717, 1.165) is 6.42 Å². The lowest BCUT2D eigenvalue weighted by Crippen LogP contribution is -2.66. The quantitative estimate of drug-likeness (QED) is 0.315. The van der Waals surface area contributed by atoms with Gasteiger partial charge >= 0.3 is 0 Å². The minimum atomic E-state index is -0.174. The Balaban J connectivity index is 1.96. The van der Waals surface area contributed by atoms with Crippen LogP contribution in [0, 0.1) is 0 Å². The van der Waals surface area contributed by atoms with Gasteiger partial charge in [-0.3, -0.25) is 9.63 Å². The van der Waals surface area contributed by atoms with Crippen molar-refractivity contribution in [3.63, 3.8) is 0 Å². The topological polar surface area (TPSA) is 52.3 Å². The van der Waals surface area contributed by atoms with Crippen molar-refractivity contribution in [3.05, 3.63) is 96.1 Å². The van der Waals surface area contributed by atoms with Gasteiger partial charge in [-0.15, -0.1) is 0 Å². The number of carbonyl (C=O) groups excluding carboxylic acids is 1. The Morgan fingerprint density at radius 3 is 2.23 bits per heavy atom. The van der Waals surface area contributed by atoms with Gasteiger partial charge in [0.1, 0.15) is 7.11 Å². The van der Waals surface area contributed by atoms with E-state index in [0.29, 0.717) is 12.1 Å². The summed E-state index contributed by atoms with van der Waals surface area (Å²) in [6.45, 7) is 4.35. The number of carbonyl (C=O) groups is 1. The van der Waals surface area contributed by atoms with Gasteiger partial charge in [0.2, 0.25) is 6.21 Å². The van der Waals surface area contributed by atoms with Crippen LogP contribution in [0.25, 0.3) is 0 Å². The van der Waals surface area contributed by atoms with Gasteiger partial charge in [-0.1, -0.05) is 67.2 Å². The largest absolute Gasteiger partial charge is 0.352 e. The summed E-state index contributed by atoms with van der Waals surface area (Å²) >= 11 is 0. The monoisotopic (exact) mass is 349 g/mol. The zero-order valence-electron chi connectivity index (χ0n) is 15.0. The van der Waals surface area contributed by atoms with Gasteiger partial charge < -0.3 is 5.32 Å². The standard InChI is InChI=1S/C22H24N2O2/c1-18(10-9-16-24-26-2)22(25)23-17-15-21(19-11-5-3-6-12-19)20-13-7-4-8-14-20/h3-14,16,21H,1,15,17H2,2H3,(H,23,25)/p+1/b10-9-,24-16+. The molecule has 0 bridgehead atoms. The molecule has 0 spiro atoms. The molecule has 0 aliphatic rings. The zero-order valence-corrected chi connectivity index (χ0v) is 15.0. The van der Waals surface area contributed by atoms with Crippen LogP contribution in [0.3, 0.4) is 0 Å². The van der Waals surface area contributed by atoms with Crippen LogP contribution in [-0.4, -0.2) is 25.8 Å². The van der Waals surface area contributed by atoms with Gasteiger partial charge in [-0.05, 0) is 28.8 Å². The summed E-state index contributed by atoms with van der Waals surface area (Å²) in [6.07, 6.45) is 5.70. The van der Waals surface area contributed by atoms with E-state index >= 15 is 0 Å². The minimum Gasteiger partial charge on any atom is -0.352 e. The van der Waals surface area contributed by atoms with E-state index in [1.807, 2.05) is 36.4 Å². The molecule has 0 aliphatic carbocycles. The minimum absolute atomic E-state index is 0.174. The molecule has 0 saturated carbocycles. The lowest BCUT2D eigenvalue weighted by Gasteiger charge is -2.18. The molecular formula is C22H25N2O2+. The van der Waals surface area contributed by atoms with E-state index in [-0.39, 0.29) is 11.8 Å². The molecule has 0 unspecified atom stereocenters. The van der Waals surface area contributed by atoms with Crippen LogP contribution >= 0.6 is 0 Å². The first-order valence-corrected chi connectivity index (χ1v) is 8.57. The van der Waals surface area contributed by atoms with Crippen molar-refractivity contribution >= 4 is 12.1 Å². The molecule has 2 rings (SSSR count). The molecule has 134 valence electrons. The normalized spacial score (nSPS) is 11.2. The Morgan fingerprint density at radius 2 is 1.69 bits per heavy atom. The number of benzene rings is 2. The van der Waals surface area contributed by atoms with E-state index in [1.54, 1.807) is 18.4 Å². The SMILES string of the molecule is C=C(/C=C\C=[NH+]\OC)C(=O)NCCC(c1ccccc1)c1ccccc1. The summed E-state index contributed by atoms with van der Waals surface area (Å²) in [5.41, 5.74) is 2.88. The number of amides is 1. The number of rotatable bonds is 9. The van der Waals surface area contributed by atoms with Crippen LogP contribution in [0.4, 0.5) is 0 Å². The van der Waals surface area contributed by atoms with Crippen molar-refractivity contribution in [1.29, 1.82) is 0 Å². The van der Waals surface area contributed by atoms with Crippen molar-refractivity contribution in [1.82, 2.24) is 5.32 Å². The second-order valence-electron chi connectivity index (χ2n) is 5.79. The van der Waals surface area contributed by atoms with Gasteiger partial charge in [0.25, 0.3) is 5.91 Å². The molecule has 2 N–H and O–H groups in total. The van der Waals surface area contributed by atoms with Gasteiger partial charge in [0.15, 0.2) is 0 Å². The van der Waals surface area contributed by atoms with Crippen LogP contribution in [0.5, 0.6) is 0 Å². The number of nitrogens with one attached hydrogen (secondary N) is 2. The first kappa shape index (κ1) is 19.2. The highest BCUT2D eigenvalue weighted by atomic mass is 16.6. The maximum Gasteiger partial charge on any atom is 0.250 e. The summed E-state index contributed by atoms with van der Waals surface area (Å²) in [6, 6.07) is 20.7. The van der Waals surface area contributed by atoms with Gasteiger partial charge in [-0.2, -0.15) is 0 Å². The highest BCUT2D eigenvalue weighted by molar-refractivity contribution is 5.96. The highest BCUT2D eigenvalue weighted by Crippen LogP contribution is 2.27. The van der Waals surface area contributed by atoms with Crippen LogP contribution in [-0.2, 0) is 9.63 Å². The van der Waals surface area contributed by atoms with E-state index in [2.05, 4.69) is 46.2 Å². The summed E-state index contributed by atoms with van der Waals surface area (Å²) in [5.74, 6) is 0.0627. The smallest absolute Gasteiger partial charge is 0.250 e. The Morgan fingerprint density at radius 1 is 1.12 bits per heavy atom. The molecule has 2 aromatic carbocycles. The second kappa shape index (κ2) is 10.7. The van der Waals surface area contributed by atoms with Crippen molar-refractivity contribution < 1.29 is 14.8 Å². The fourth-order valence-electron chi connectivity index (χ4n) is 2.69. The van der Waals surface area contributed by atoms with Gasteiger partial charge in [0, 0.05) is 24.1 Å². The molecule has 26 heavy (non-hydrogen) atoms. The fourth-order valence-corrected chi connectivity index (χ4v) is 2.69. The second-order valence-corrected chi connectivity index (χ2v) is 5.79. The number of hydrogen-bond donors (Lipinski definition) is 2. The average molecular weight is 349 g/mol. The molecule has 4 nitrogen and oxygen atoms in total. The first-order valence-electron chi connectivity index (χ1n) is 8.57. The van der Waals surface area contributed by atoms with Gasteiger partial charge in [0.05, 0.1) is 0 Å². The molecule has 0 aliphatic heterocycles. The Hall–Kier alpha value is -3.14. The van der Waals surface area contributed by atoms with Gasteiger partial charge in [-0.25, -0.2) is 0 Å². The summed E-state index contributed by atoms with van der Waals surface area (Å²) < 4.78 is 0. The predicted molar refractivity (Wildman–Crippen MR) is 105 cm³/mol. The van der Waals surface area contributed by atoms with Crippen molar-refractivity contribution in [3.8, 4) is 0 Å². The third-order valence-electron chi connectivity index (χ3n) is 3.99. The predicted octanol–water partition coefficient (Wildman–Crippen LogP) is 2.15. The van der Waals surface area contributed by atoms with Crippen LogP contribution in [0.15, 0.2) is 85.0 Å². The molecule has 0 aromatic heterocycles. The molecule has 0 saturated heterocycles. The summed E-state index contributed by atoms with van der Waals surface area (Å²) in [4.78, 5) is 16.8. The van der Waals surface area contributed by atoms with Crippen LogP contribution < -0.4 is 10.5 Å². The first-order chi connectivity index (χ1) is 12.7. The Bertz CT molecular complexity index is 713. The highest BCUT2D eigenvalue weighted by Gasteiger charge is 2.14. The molecule has 4 heteroatoms. The average Bonchev–Trinajstić information content (AvgIpc) is 2.69. The van der Waals surface area contributed by atoms with E-state index in [4.69, 9.17) is 0 Å². The lowest BCUT2D eigenvalue weighted by molar-refractivity contribution is -0.740. The Kier molecular flexibility index (Phi) is 7.87. The van der Waals surface area contributed by atoms with Crippen molar-refractivity contribution in [2.24, 2.45) is 0 Å². The summed E-state index contributed by atoms with van der Waals surface area (Å²) in [7, 11) is 1.52. The van der Waals surface area contributed by atoms with E-state index < -0.39 is 0 Å². The third-order valence-corrected chi connectivity index (χ3v) is 3.99. The maximum atomic E-state index is 12.1. The molecular weight excluding hydrogens is 324 g/mol. The van der Waals surface area contributed by atoms with E-state index in [9.17, 15) is 4.79 Å². The fraction of sp³-hybridized carbons (Fsp3) is 0.182. The molecule has 0 atom stereocenters. The Labute approximate surface area is 154 Å². The zero-order chi connectivity index (χ0) is 18.6. The number of allylic oxidation sites excluding steroid dienone is 1. The van der Waals surface area contributed by atoms with E-state index in [1.165, 1.54) is 18.2 Å². The van der Waals surface area contributed by atoms with Crippen molar-refractivity contribution in [2.45, 2.75) is 12.3 Å². The lowest BCUT2D eigenvalue weighted by atomic mass is 9.88. The molecule has 0 radical (unpaired) electrons. The molecule has 0 fully saturated rings. The van der Waals surface area contributed by atoms with Crippen LogP contribution in [0.2, 0.25) is 0 Å². The third kappa shape index (κ3) is 6.06. The van der Waals surface area contributed by atoms with Crippen molar-refractivity contribution in [2.75, 3.05) is 13.7 Å². The molecule has 1 amide bonds.